The second kappa shape index (κ2) is 10.4. The highest BCUT2D eigenvalue weighted by molar-refractivity contribution is 6.13. The molecule has 0 aromatic heterocycles. The third kappa shape index (κ3) is 4.68. The first-order chi connectivity index (χ1) is 13.3. The van der Waals surface area contributed by atoms with Crippen LogP contribution in [0.2, 0.25) is 0 Å². The second-order valence-electron chi connectivity index (χ2n) is 5.63. The summed E-state index contributed by atoms with van der Waals surface area (Å²) in [6.07, 6.45) is 0. The molecule has 0 heterocycles. The van der Waals surface area contributed by atoms with Gasteiger partial charge in [0.1, 0.15) is 0 Å². The van der Waals surface area contributed by atoms with E-state index in [1.807, 2.05) is 0 Å². The fraction of sp³-hybridized carbons (Fsp3) is 0.500. The highest BCUT2D eigenvalue weighted by atomic mass is 16.5. The summed E-state index contributed by atoms with van der Waals surface area (Å²) in [6.45, 7) is 9.61. The van der Waals surface area contributed by atoms with Gasteiger partial charge in [0.05, 0.1) is 48.7 Å². The lowest BCUT2D eigenvalue weighted by Gasteiger charge is -2.20. The molecule has 0 radical (unpaired) electrons. The van der Waals surface area contributed by atoms with Crippen LogP contribution >= 0.6 is 0 Å². The standard InChI is InChI=1S/C20H26O8/c1-7-25-17(21)13-11(5)15(19(23)27-9-3)16(20(24)28-10-4)12(6)14(13)18(22)26-8-2/h7-10H2,1-6H3. The maximum atomic E-state index is 12.6. The van der Waals surface area contributed by atoms with Crippen molar-refractivity contribution in [3.05, 3.63) is 33.4 Å². The molecule has 0 aliphatic rings. The van der Waals surface area contributed by atoms with Gasteiger partial charge in [0.15, 0.2) is 0 Å². The van der Waals surface area contributed by atoms with E-state index in [-0.39, 0.29) is 59.8 Å². The van der Waals surface area contributed by atoms with Gasteiger partial charge in [-0.2, -0.15) is 0 Å². The Balaban J connectivity index is 3.99. The Morgan fingerprint density at radius 2 is 0.679 bits per heavy atom. The van der Waals surface area contributed by atoms with Crippen molar-refractivity contribution in [1.29, 1.82) is 0 Å². The lowest BCUT2D eigenvalue weighted by atomic mass is 9.87. The molecular weight excluding hydrogens is 368 g/mol. The van der Waals surface area contributed by atoms with Crippen LogP contribution in [0.4, 0.5) is 0 Å². The smallest absolute Gasteiger partial charge is 0.339 e. The quantitative estimate of drug-likeness (QED) is 0.489. The van der Waals surface area contributed by atoms with E-state index >= 15 is 0 Å². The molecule has 0 unspecified atom stereocenters. The van der Waals surface area contributed by atoms with Crippen LogP contribution < -0.4 is 0 Å². The van der Waals surface area contributed by atoms with E-state index in [4.69, 9.17) is 18.9 Å². The summed E-state index contributed by atoms with van der Waals surface area (Å²) in [5.41, 5.74) is -0.340. The predicted molar refractivity (Wildman–Crippen MR) is 99.7 cm³/mol. The van der Waals surface area contributed by atoms with Crippen LogP contribution in [0.5, 0.6) is 0 Å². The monoisotopic (exact) mass is 394 g/mol. The van der Waals surface area contributed by atoms with Crippen molar-refractivity contribution < 1.29 is 38.1 Å². The third-order valence-corrected chi connectivity index (χ3v) is 3.92. The molecule has 0 saturated heterocycles. The molecule has 0 fully saturated rings. The highest BCUT2D eigenvalue weighted by Crippen LogP contribution is 2.30. The molecule has 1 rings (SSSR count). The van der Waals surface area contributed by atoms with Crippen LogP contribution in [0.15, 0.2) is 0 Å². The van der Waals surface area contributed by atoms with E-state index in [1.54, 1.807) is 27.7 Å². The first-order valence-corrected chi connectivity index (χ1v) is 9.12. The molecule has 0 aliphatic carbocycles. The van der Waals surface area contributed by atoms with Crippen LogP contribution in [0, 0.1) is 13.8 Å². The molecule has 0 N–H and O–H groups in total. The molecule has 0 spiro atoms. The average Bonchev–Trinajstić information content (AvgIpc) is 2.62. The normalized spacial score (nSPS) is 10.2. The SMILES string of the molecule is CCOC(=O)c1c(C)c(C(=O)OCC)c(C(=O)OCC)c(C)c1C(=O)OCC. The van der Waals surface area contributed by atoms with Gasteiger partial charge in [0.25, 0.3) is 0 Å². The topological polar surface area (TPSA) is 105 Å². The molecule has 0 saturated carbocycles. The van der Waals surface area contributed by atoms with Crippen molar-refractivity contribution in [2.75, 3.05) is 26.4 Å². The van der Waals surface area contributed by atoms with Gasteiger partial charge >= 0.3 is 23.9 Å². The number of esters is 4. The van der Waals surface area contributed by atoms with E-state index < -0.39 is 23.9 Å². The van der Waals surface area contributed by atoms with E-state index in [0.29, 0.717) is 0 Å². The summed E-state index contributed by atoms with van der Waals surface area (Å²) >= 11 is 0. The maximum Gasteiger partial charge on any atom is 0.339 e. The summed E-state index contributed by atoms with van der Waals surface area (Å²) in [5.74, 6) is -3.20. The molecule has 0 amide bonds. The van der Waals surface area contributed by atoms with Crippen LogP contribution in [0.3, 0.4) is 0 Å². The lowest BCUT2D eigenvalue weighted by Crippen LogP contribution is -2.25. The van der Waals surface area contributed by atoms with Gasteiger partial charge in [-0.3, -0.25) is 0 Å². The fourth-order valence-electron chi connectivity index (χ4n) is 2.83. The zero-order chi connectivity index (χ0) is 21.4. The van der Waals surface area contributed by atoms with Crippen LogP contribution in [0.1, 0.15) is 80.3 Å². The summed E-state index contributed by atoms with van der Waals surface area (Å²) in [7, 11) is 0. The molecule has 28 heavy (non-hydrogen) atoms. The minimum Gasteiger partial charge on any atom is -0.462 e. The Morgan fingerprint density at radius 1 is 0.500 bits per heavy atom. The van der Waals surface area contributed by atoms with Crippen LogP contribution in [0.25, 0.3) is 0 Å². The number of carbonyl (C=O) groups excluding carboxylic acids is 4. The van der Waals surface area contributed by atoms with Gasteiger partial charge in [0.2, 0.25) is 0 Å². The summed E-state index contributed by atoms with van der Waals surface area (Å²) in [4.78, 5) is 50.4. The van der Waals surface area contributed by atoms with E-state index in [2.05, 4.69) is 0 Å². The van der Waals surface area contributed by atoms with Crippen molar-refractivity contribution in [3.8, 4) is 0 Å². The Morgan fingerprint density at radius 3 is 0.821 bits per heavy atom. The molecule has 0 aliphatic heterocycles. The molecule has 8 heteroatoms. The zero-order valence-electron chi connectivity index (χ0n) is 17.1. The Hall–Kier alpha value is -2.90. The molecule has 0 bridgehead atoms. The molecule has 0 atom stereocenters. The third-order valence-electron chi connectivity index (χ3n) is 3.92. The Labute approximate surface area is 164 Å². The molecular formula is C20H26O8. The van der Waals surface area contributed by atoms with Crippen LogP contribution in [-0.4, -0.2) is 50.3 Å². The highest BCUT2D eigenvalue weighted by Gasteiger charge is 2.34. The average molecular weight is 394 g/mol. The van der Waals surface area contributed by atoms with E-state index in [1.165, 1.54) is 13.8 Å². The number of benzene rings is 1. The van der Waals surface area contributed by atoms with Gasteiger partial charge in [0, 0.05) is 0 Å². The van der Waals surface area contributed by atoms with Gasteiger partial charge in [-0.25, -0.2) is 19.2 Å². The summed E-state index contributed by atoms with van der Waals surface area (Å²) in [6, 6.07) is 0. The zero-order valence-corrected chi connectivity index (χ0v) is 17.1. The van der Waals surface area contributed by atoms with Crippen molar-refractivity contribution in [1.82, 2.24) is 0 Å². The Kier molecular flexibility index (Phi) is 8.63. The van der Waals surface area contributed by atoms with E-state index in [9.17, 15) is 19.2 Å². The molecule has 154 valence electrons. The van der Waals surface area contributed by atoms with Gasteiger partial charge in [-0.05, 0) is 52.7 Å². The molecule has 1 aromatic carbocycles. The Bertz CT molecular complexity index is 653. The van der Waals surface area contributed by atoms with Crippen LogP contribution in [-0.2, 0) is 18.9 Å². The lowest BCUT2D eigenvalue weighted by molar-refractivity contribution is 0.0460. The summed E-state index contributed by atoms with van der Waals surface area (Å²) < 4.78 is 20.2. The predicted octanol–water partition coefficient (Wildman–Crippen LogP) is 3.01. The second-order valence-corrected chi connectivity index (χ2v) is 5.63. The van der Waals surface area contributed by atoms with Crippen molar-refractivity contribution >= 4 is 23.9 Å². The first kappa shape index (κ1) is 23.1. The molecule has 1 aromatic rings. The minimum absolute atomic E-state index is 0.0634. The number of carbonyl (C=O) groups is 4. The van der Waals surface area contributed by atoms with E-state index in [0.717, 1.165) is 0 Å². The van der Waals surface area contributed by atoms with Gasteiger partial charge in [-0.15, -0.1) is 0 Å². The van der Waals surface area contributed by atoms with Gasteiger partial charge < -0.3 is 18.9 Å². The number of hydrogen-bond acceptors (Lipinski definition) is 8. The number of ether oxygens (including phenoxy) is 4. The number of rotatable bonds is 8. The fourth-order valence-corrected chi connectivity index (χ4v) is 2.83. The maximum absolute atomic E-state index is 12.6. The van der Waals surface area contributed by atoms with Crippen molar-refractivity contribution in [2.45, 2.75) is 41.5 Å². The first-order valence-electron chi connectivity index (χ1n) is 9.12. The minimum atomic E-state index is -0.799. The van der Waals surface area contributed by atoms with Crippen molar-refractivity contribution in [3.63, 3.8) is 0 Å². The molecule has 8 nitrogen and oxygen atoms in total. The number of hydrogen-bond donors (Lipinski definition) is 0. The van der Waals surface area contributed by atoms with Gasteiger partial charge in [-0.1, -0.05) is 0 Å². The summed E-state index contributed by atoms with van der Waals surface area (Å²) in [5, 5.41) is 0. The largest absolute Gasteiger partial charge is 0.462 e. The van der Waals surface area contributed by atoms with Crippen molar-refractivity contribution in [2.24, 2.45) is 0 Å².